The maximum absolute atomic E-state index is 14.1. The van der Waals surface area contributed by atoms with Crippen LogP contribution in [0.2, 0.25) is 0 Å². The molecular formula is C15H23FN2. The van der Waals surface area contributed by atoms with Crippen LogP contribution in [0.3, 0.4) is 0 Å². The van der Waals surface area contributed by atoms with Crippen LogP contribution < -0.4 is 10.2 Å². The van der Waals surface area contributed by atoms with Crippen LogP contribution in [0, 0.1) is 5.82 Å². The Morgan fingerprint density at radius 1 is 1.44 bits per heavy atom. The lowest BCUT2D eigenvalue weighted by Crippen LogP contribution is -2.22. The fourth-order valence-electron chi connectivity index (χ4n) is 2.22. The minimum absolute atomic E-state index is 0.105. The van der Waals surface area contributed by atoms with Crippen LogP contribution in [0.25, 0.3) is 0 Å². The number of hydrogen-bond acceptors (Lipinski definition) is 2. The molecule has 1 aliphatic carbocycles. The number of nitrogens with zero attached hydrogens (tertiary/aromatic N) is 1. The molecule has 2 nitrogen and oxygen atoms in total. The van der Waals surface area contributed by atoms with E-state index in [1.165, 1.54) is 12.8 Å². The van der Waals surface area contributed by atoms with Crippen molar-refractivity contribution in [2.24, 2.45) is 0 Å². The molecule has 1 N–H and O–H groups in total. The van der Waals surface area contributed by atoms with Crippen molar-refractivity contribution in [3.8, 4) is 0 Å². The Balaban J connectivity index is 2.08. The van der Waals surface area contributed by atoms with Gasteiger partial charge in [-0.1, -0.05) is 13.0 Å². The second kappa shape index (κ2) is 5.70. The van der Waals surface area contributed by atoms with E-state index >= 15 is 0 Å². The molecule has 0 bridgehead atoms. The first-order chi connectivity index (χ1) is 8.63. The lowest BCUT2D eigenvalue weighted by molar-refractivity contribution is 0.561. The maximum Gasteiger partial charge on any atom is 0.146 e. The average molecular weight is 250 g/mol. The minimum atomic E-state index is -0.105. The van der Waals surface area contributed by atoms with Crippen molar-refractivity contribution in [1.29, 1.82) is 0 Å². The van der Waals surface area contributed by atoms with Crippen molar-refractivity contribution in [3.05, 3.63) is 29.6 Å². The van der Waals surface area contributed by atoms with Gasteiger partial charge in [0, 0.05) is 19.1 Å². The summed E-state index contributed by atoms with van der Waals surface area (Å²) in [6, 6.07) is 6.36. The molecule has 0 aliphatic heterocycles. The van der Waals surface area contributed by atoms with E-state index in [-0.39, 0.29) is 11.9 Å². The third kappa shape index (κ3) is 3.02. The van der Waals surface area contributed by atoms with E-state index in [1.807, 2.05) is 19.2 Å². The topological polar surface area (TPSA) is 15.3 Å². The van der Waals surface area contributed by atoms with Gasteiger partial charge in [-0.2, -0.15) is 0 Å². The largest absolute Gasteiger partial charge is 0.369 e. The summed E-state index contributed by atoms with van der Waals surface area (Å²) in [5, 5.41) is 3.38. The van der Waals surface area contributed by atoms with Crippen LogP contribution in [0.5, 0.6) is 0 Å². The standard InChI is InChI=1S/C15H23FN2/c1-4-9-17-11(2)12-5-8-15(14(16)10-12)18(3)13-6-7-13/h5,8,10-11,13,17H,4,6-7,9H2,1-3H3. The van der Waals surface area contributed by atoms with Gasteiger partial charge in [-0.05, 0) is 50.4 Å². The first kappa shape index (κ1) is 13.3. The van der Waals surface area contributed by atoms with Crippen molar-refractivity contribution >= 4 is 5.69 Å². The highest BCUT2D eigenvalue weighted by Crippen LogP contribution is 2.32. The molecule has 3 heteroatoms. The van der Waals surface area contributed by atoms with Gasteiger partial charge < -0.3 is 10.2 Å². The summed E-state index contributed by atoms with van der Waals surface area (Å²) in [4.78, 5) is 2.06. The molecule has 2 rings (SSSR count). The molecule has 0 amide bonds. The number of hydrogen-bond donors (Lipinski definition) is 1. The van der Waals surface area contributed by atoms with Gasteiger partial charge in [0.05, 0.1) is 5.69 Å². The molecule has 1 aliphatic rings. The highest BCUT2D eigenvalue weighted by molar-refractivity contribution is 5.50. The maximum atomic E-state index is 14.1. The zero-order chi connectivity index (χ0) is 13.1. The van der Waals surface area contributed by atoms with Crippen molar-refractivity contribution in [3.63, 3.8) is 0 Å². The quantitative estimate of drug-likeness (QED) is 0.831. The van der Waals surface area contributed by atoms with Gasteiger partial charge in [-0.25, -0.2) is 4.39 Å². The highest BCUT2D eigenvalue weighted by atomic mass is 19.1. The van der Waals surface area contributed by atoms with E-state index in [1.54, 1.807) is 6.07 Å². The monoisotopic (exact) mass is 250 g/mol. The lowest BCUT2D eigenvalue weighted by Gasteiger charge is -2.21. The van der Waals surface area contributed by atoms with E-state index < -0.39 is 0 Å². The summed E-state index contributed by atoms with van der Waals surface area (Å²) in [6.07, 6.45) is 3.47. The molecule has 100 valence electrons. The molecule has 1 aromatic carbocycles. The molecule has 1 unspecified atom stereocenters. The first-order valence-corrected chi connectivity index (χ1v) is 6.89. The van der Waals surface area contributed by atoms with Crippen LogP contribution >= 0.6 is 0 Å². The second-order valence-electron chi connectivity index (χ2n) is 5.23. The zero-order valence-electron chi connectivity index (χ0n) is 11.5. The first-order valence-electron chi connectivity index (χ1n) is 6.89. The van der Waals surface area contributed by atoms with Crippen molar-refractivity contribution in [2.45, 2.75) is 45.2 Å². The predicted octanol–water partition coefficient (Wildman–Crippen LogP) is 3.48. The third-order valence-corrected chi connectivity index (χ3v) is 3.65. The molecule has 0 aromatic heterocycles. The molecule has 0 heterocycles. The molecule has 1 atom stereocenters. The van der Waals surface area contributed by atoms with E-state index in [2.05, 4.69) is 24.1 Å². The summed E-state index contributed by atoms with van der Waals surface area (Å²) >= 11 is 0. The van der Waals surface area contributed by atoms with E-state index in [4.69, 9.17) is 0 Å². The van der Waals surface area contributed by atoms with Crippen LogP contribution in [0.15, 0.2) is 18.2 Å². The molecule has 18 heavy (non-hydrogen) atoms. The second-order valence-corrected chi connectivity index (χ2v) is 5.23. The van der Waals surface area contributed by atoms with Crippen molar-refractivity contribution < 1.29 is 4.39 Å². The Bertz CT molecular complexity index is 401. The molecule has 0 saturated heterocycles. The van der Waals surface area contributed by atoms with Crippen molar-refractivity contribution in [1.82, 2.24) is 5.32 Å². The van der Waals surface area contributed by atoms with Crippen LogP contribution in [0.1, 0.15) is 44.7 Å². The number of halogens is 1. The molecule has 1 aromatic rings. The van der Waals surface area contributed by atoms with Gasteiger partial charge >= 0.3 is 0 Å². The SMILES string of the molecule is CCCNC(C)c1ccc(N(C)C2CC2)c(F)c1. The summed E-state index contributed by atoms with van der Waals surface area (Å²) in [5.41, 5.74) is 1.75. The lowest BCUT2D eigenvalue weighted by atomic mass is 10.1. The van der Waals surface area contributed by atoms with Gasteiger partial charge in [-0.3, -0.25) is 0 Å². The number of anilines is 1. The number of nitrogens with one attached hydrogen (secondary N) is 1. The van der Waals surface area contributed by atoms with Gasteiger partial charge in [-0.15, -0.1) is 0 Å². The Morgan fingerprint density at radius 3 is 2.72 bits per heavy atom. The van der Waals surface area contributed by atoms with Gasteiger partial charge in [0.25, 0.3) is 0 Å². The Hall–Kier alpha value is -1.09. The summed E-state index contributed by atoms with van der Waals surface area (Å²) < 4.78 is 14.1. The number of rotatable bonds is 6. The predicted molar refractivity (Wildman–Crippen MR) is 74.5 cm³/mol. The highest BCUT2D eigenvalue weighted by Gasteiger charge is 2.27. The summed E-state index contributed by atoms with van der Waals surface area (Å²) in [7, 11) is 1.98. The van der Waals surface area contributed by atoms with Gasteiger partial charge in [0.15, 0.2) is 0 Å². The zero-order valence-corrected chi connectivity index (χ0v) is 11.5. The third-order valence-electron chi connectivity index (χ3n) is 3.65. The van der Waals surface area contributed by atoms with E-state index in [0.29, 0.717) is 6.04 Å². The molecule has 1 saturated carbocycles. The number of benzene rings is 1. The Labute approximate surface area is 109 Å². The van der Waals surface area contributed by atoms with Gasteiger partial charge in [0.1, 0.15) is 5.82 Å². The summed E-state index contributed by atoms with van der Waals surface area (Å²) in [6.45, 7) is 5.18. The smallest absolute Gasteiger partial charge is 0.146 e. The minimum Gasteiger partial charge on any atom is -0.369 e. The molecule has 0 spiro atoms. The van der Waals surface area contributed by atoms with E-state index in [9.17, 15) is 4.39 Å². The fourth-order valence-corrected chi connectivity index (χ4v) is 2.22. The van der Waals surface area contributed by atoms with Gasteiger partial charge in [0.2, 0.25) is 0 Å². The Kier molecular flexibility index (Phi) is 4.23. The Morgan fingerprint density at radius 2 is 2.17 bits per heavy atom. The average Bonchev–Trinajstić information content (AvgIpc) is 3.19. The molecule has 0 radical (unpaired) electrons. The van der Waals surface area contributed by atoms with Crippen LogP contribution in [-0.2, 0) is 0 Å². The normalized spacial score (nSPS) is 16.7. The van der Waals surface area contributed by atoms with Crippen LogP contribution in [-0.4, -0.2) is 19.6 Å². The van der Waals surface area contributed by atoms with Crippen LogP contribution in [0.4, 0.5) is 10.1 Å². The molecule has 1 fully saturated rings. The van der Waals surface area contributed by atoms with Crippen molar-refractivity contribution in [2.75, 3.05) is 18.5 Å². The fraction of sp³-hybridized carbons (Fsp3) is 0.600. The summed E-state index contributed by atoms with van der Waals surface area (Å²) in [5.74, 6) is -0.105. The van der Waals surface area contributed by atoms with E-state index in [0.717, 1.165) is 24.2 Å². The molecular weight excluding hydrogens is 227 g/mol.